The third kappa shape index (κ3) is 3.92. The first kappa shape index (κ1) is 21.7. The number of hydrogen-bond acceptors (Lipinski definition) is 5. The monoisotopic (exact) mass is 445 g/mol. The molecule has 0 radical (unpaired) electrons. The summed E-state index contributed by atoms with van der Waals surface area (Å²) in [4.78, 5) is 40.8. The van der Waals surface area contributed by atoms with Crippen LogP contribution in [0, 0.1) is 25.7 Å². The van der Waals surface area contributed by atoms with Gasteiger partial charge in [0, 0.05) is 26.2 Å². The van der Waals surface area contributed by atoms with Gasteiger partial charge < -0.3 is 4.90 Å². The van der Waals surface area contributed by atoms with Gasteiger partial charge in [-0.25, -0.2) is 8.42 Å². The van der Waals surface area contributed by atoms with Gasteiger partial charge in [-0.05, 0) is 43.9 Å². The molecule has 31 heavy (non-hydrogen) atoms. The fourth-order valence-electron chi connectivity index (χ4n) is 4.56. The van der Waals surface area contributed by atoms with E-state index in [-0.39, 0.29) is 67.2 Å². The molecule has 2 saturated heterocycles. The second-order valence-corrected chi connectivity index (χ2v) is 10.4. The molecule has 0 aromatic heterocycles. The van der Waals surface area contributed by atoms with Crippen LogP contribution in [0.25, 0.3) is 0 Å². The van der Waals surface area contributed by atoms with Gasteiger partial charge >= 0.3 is 0 Å². The van der Waals surface area contributed by atoms with Crippen LogP contribution in [0.15, 0.2) is 35.2 Å². The second kappa shape index (κ2) is 8.20. The zero-order valence-electron chi connectivity index (χ0n) is 17.8. The third-order valence-electron chi connectivity index (χ3n) is 6.45. The Kier molecular flexibility index (Phi) is 5.74. The summed E-state index contributed by atoms with van der Waals surface area (Å²) >= 11 is 0. The van der Waals surface area contributed by atoms with Crippen molar-refractivity contribution in [1.82, 2.24) is 14.1 Å². The van der Waals surface area contributed by atoms with Crippen LogP contribution in [0.3, 0.4) is 0 Å². The Morgan fingerprint density at radius 1 is 0.968 bits per heavy atom. The number of nitrogens with zero attached hydrogens (tertiary/aromatic N) is 3. The van der Waals surface area contributed by atoms with Gasteiger partial charge in [0.05, 0.1) is 16.7 Å². The average Bonchev–Trinajstić information content (AvgIpc) is 3.00. The van der Waals surface area contributed by atoms with E-state index in [1.807, 2.05) is 25.1 Å². The maximum absolute atomic E-state index is 13.1. The van der Waals surface area contributed by atoms with E-state index in [9.17, 15) is 22.8 Å². The van der Waals surface area contributed by atoms with Crippen LogP contribution in [0.1, 0.15) is 24.0 Å². The normalized spacial score (nSPS) is 24.6. The van der Waals surface area contributed by atoms with Crippen molar-refractivity contribution in [3.8, 4) is 0 Å². The van der Waals surface area contributed by atoms with E-state index in [4.69, 9.17) is 0 Å². The Labute approximate surface area is 182 Å². The van der Waals surface area contributed by atoms with Crippen LogP contribution >= 0.6 is 0 Å². The summed E-state index contributed by atoms with van der Waals surface area (Å²) < 4.78 is 27.5. The van der Waals surface area contributed by atoms with E-state index >= 15 is 0 Å². The van der Waals surface area contributed by atoms with E-state index in [2.05, 4.69) is 0 Å². The van der Waals surface area contributed by atoms with E-state index in [0.717, 1.165) is 10.5 Å². The van der Waals surface area contributed by atoms with E-state index in [0.29, 0.717) is 18.4 Å². The summed E-state index contributed by atoms with van der Waals surface area (Å²) in [6.45, 7) is 4.16. The molecule has 0 saturated carbocycles. The molecular formula is C22H27N3O5S. The Balaban J connectivity index is 1.39. The lowest BCUT2D eigenvalue weighted by atomic mass is 9.85. The van der Waals surface area contributed by atoms with Crippen molar-refractivity contribution in [2.24, 2.45) is 11.8 Å². The van der Waals surface area contributed by atoms with Crippen LogP contribution in [-0.2, 0) is 24.4 Å². The fraction of sp³-hybridized carbons (Fsp3) is 0.500. The van der Waals surface area contributed by atoms with Crippen LogP contribution < -0.4 is 0 Å². The number of hydrogen-bond donors (Lipinski definition) is 0. The Morgan fingerprint density at radius 2 is 1.55 bits per heavy atom. The van der Waals surface area contributed by atoms with Gasteiger partial charge in [-0.2, -0.15) is 4.31 Å². The summed E-state index contributed by atoms with van der Waals surface area (Å²) in [5, 5.41) is 0. The van der Waals surface area contributed by atoms with Crippen molar-refractivity contribution in [2.45, 2.75) is 31.6 Å². The predicted octanol–water partition coefficient (Wildman–Crippen LogP) is 1.09. The van der Waals surface area contributed by atoms with Gasteiger partial charge in [0.25, 0.3) is 0 Å². The van der Waals surface area contributed by atoms with Crippen molar-refractivity contribution in [3.63, 3.8) is 0 Å². The number of rotatable bonds is 4. The topological polar surface area (TPSA) is 95.1 Å². The van der Waals surface area contributed by atoms with E-state index < -0.39 is 10.0 Å². The lowest BCUT2D eigenvalue weighted by Gasteiger charge is -2.35. The number of likely N-dealkylation sites (tertiary alicyclic amines) is 1. The molecule has 3 aliphatic rings. The zero-order valence-corrected chi connectivity index (χ0v) is 18.6. The van der Waals surface area contributed by atoms with E-state index in [1.54, 1.807) is 19.1 Å². The molecule has 0 bridgehead atoms. The number of imide groups is 1. The van der Waals surface area contributed by atoms with Crippen molar-refractivity contribution in [2.75, 3.05) is 32.7 Å². The number of fused-ring (bicyclic) bond motifs is 1. The molecule has 2 aliphatic heterocycles. The lowest BCUT2D eigenvalue weighted by molar-refractivity contribution is -0.147. The van der Waals surface area contributed by atoms with Gasteiger partial charge in [0.2, 0.25) is 27.7 Å². The van der Waals surface area contributed by atoms with E-state index in [1.165, 1.54) is 9.21 Å². The van der Waals surface area contributed by atoms with Crippen molar-refractivity contribution in [3.05, 3.63) is 41.5 Å². The molecule has 166 valence electrons. The molecule has 2 fully saturated rings. The zero-order chi connectivity index (χ0) is 22.3. The van der Waals surface area contributed by atoms with Crippen molar-refractivity contribution >= 4 is 27.7 Å². The standard InChI is InChI=1S/C22H27N3O5S/c1-15-7-8-16(2)19(13-15)31(29,30)24-11-9-23(10-12-24)20(26)14-25-21(27)17-5-3-4-6-18(17)22(25)28/h3-4,7-8,13,17-18H,5-6,9-12,14H2,1-2H3/t17-,18-/m0/s1. The van der Waals surface area contributed by atoms with Gasteiger partial charge in [-0.1, -0.05) is 24.3 Å². The summed E-state index contributed by atoms with van der Waals surface area (Å²) in [6, 6.07) is 5.33. The molecule has 9 heteroatoms. The van der Waals surface area contributed by atoms with Crippen LogP contribution in [0.4, 0.5) is 0 Å². The molecule has 1 aliphatic carbocycles. The summed E-state index contributed by atoms with van der Waals surface area (Å²) in [5.41, 5.74) is 1.56. The molecule has 4 rings (SSSR count). The fourth-order valence-corrected chi connectivity index (χ4v) is 6.29. The highest BCUT2D eigenvalue weighted by molar-refractivity contribution is 7.89. The first-order chi connectivity index (χ1) is 14.7. The maximum atomic E-state index is 13.1. The first-order valence-corrected chi connectivity index (χ1v) is 12.0. The summed E-state index contributed by atoms with van der Waals surface area (Å²) in [7, 11) is -3.65. The lowest BCUT2D eigenvalue weighted by Crippen LogP contribution is -2.53. The van der Waals surface area contributed by atoms with Gasteiger partial charge in [-0.15, -0.1) is 0 Å². The highest BCUT2D eigenvalue weighted by Gasteiger charge is 2.48. The number of carbonyl (C=O) groups excluding carboxylic acids is 3. The maximum Gasteiger partial charge on any atom is 0.243 e. The Hall–Kier alpha value is -2.52. The van der Waals surface area contributed by atoms with Crippen molar-refractivity contribution < 1.29 is 22.8 Å². The summed E-state index contributed by atoms with van der Waals surface area (Å²) in [6.07, 6.45) is 4.89. The Bertz CT molecular complexity index is 1030. The van der Waals surface area contributed by atoms with Gasteiger partial charge in [0.15, 0.2) is 0 Å². The molecular weight excluding hydrogens is 418 g/mol. The molecule has 3 amide bonds. The Morgan fingerprint density at radius 3 is 2.13 bits per heavy atom. The molecule has 2 atom stereocenters. The number of amides is 3. The van der Waals surface area contributed by atoms with Crippen LogP contribution in [0.5, 0.6) is 0 Å². The molecule has 8 nitrogen and oxygen atoms in total. The minimum atomic E-state index is -3.65. The highest BCUT2D eigenvalue weighted by Crippen LogP contribution is 2.35. The number of sulfonamides is 1. The summed E-state index contributed by atoms with van der Waals surface area (Å²) in [5.74, 6) is -1.58. The highest BCUT2D eigenvalue weighted by atomic mass is 32.2. The molecule has 1 aromatic rings. The third-order valence-corrected chi connectivity index (χ3v) is 8.49. The first-order valence-electron chi connectivity index (χ1n) is 10.6. The quantitative estimate of drug-likeness (QED) is 0.511. The van der Waals surface area contributed by atoms with Gasteiger partial charge in [0.1, 0.15) is 6.54 Å². The number of aryl methyl sites for hydroxylation is 2. The number of carbonyl (C=O) groups is 3. The number of allylic oxidation sites excluding steroid dienone is 2. The smallest absolute Gasteiger partial charge is 0.243 e. The molecule has 1 aromatic carbocycles. The largest absolute Gasteiger partial charge is 0.338 e. The minimum absolute atomic E-state index is 0.179. The molecule has 2 heterocycles. The molecule has 0 N–H and O–H groups in total. The van der Waals surface area contributed by atoms with Crippen molar-refractivity contribution in [1.29, 1.82) is 0 Å². The predicted molar refractivity (Wildman–Crippen MR) is 113 cm³/mol. The minimum Gasteiger partial charge on any atom is -0.338 e. The number of piperazine rings is 1. The molecule has 0 unspecified atom stereocenters. The SMILES string of the molecule is Cc1ccc(C)c(S(=O)(=O)N2CCN(C(=O)CN3C(=O)[C@H]4CC=CC[C@@H]4C3=O)CC2)c1. The van der Waals surface area contributed by atoms with Crippen LogP contribution in [0.2, 0.25) is 0 Å². The molecule has 0 spiro atoms. The van der Waals surface area contributed by atoms with Crippen LogP contribution in [-0.4, -0.2) is 73.0 Å². The van der Waals surface area contributed by atoms with Gasteiger partial charge in [-0.3, -0.25) is 19.3 Å². The number of benzene rings is 1. The second-order valence-electron chi connectivity index (χ2n) is 8.47. The average molecular weight is 446 g/mol.